The highest BCUT2D eigenvalue weighted by molar-refractivity contribution is 5.81. The van der Waals surface area contributed by atoms with Crippen molar-refractivity contribution in [2.24, 2.45) is 11.3 Å². The van der Waals surface area contributed by atoms with Crippen LogP contribution in [-0.2, 0) is 9.59 Å². The Kier molecular flexibility index (Phi) is 2.24. The fourth-order valence-corrected chi connectivity index (χ4v) is 2.87. The summed E-state index contributed by atoms with van der Waals surface area (Å²) in [5, 5.41) is 8.94. The molecule has 2 saturated heterocycles. The van der Waals surface area contributed by atoms with Crippen molar-refractivity contribution in [3.05, 3.63) is 0 Å². The lowest BCUT2D eigenvalue weighted by Crippen LogP contribution is -2.46. The Bertz CT molecular complexity index is 311. The average molecular weight is 211 g/mol. The van der Waals surface area contributed by atoms with Crippen molar-refractivity contribution in [3.8, 4) is 0 Å². The van der Waals surface area contributed by atoms with Gasteiger partial charge in [0, 0.05) is 19.0 Å². The minimum atomic E-state index is -0.772. The Morgan fingerprint density at radius 2 is 2.13 bits per heavy atom. The second kappa shape index (κ2) is 3.22. The molecule has 0 aromatic heterocycles. The fourth-order valence-electron chi connectivity index (χ4n) is 2.87. The van der Waals surface area contributed by atoms with E-state index in [0.29, 0.717) is 19.4 Å². The van der Waals surface area contributed by atoms with E-state index >= 15 is 0 Å². The number of nitrogens with zero attached hydrogens (tertiary/aromatic N) is 1. The Labute approximate surface area is 89.3 Å². The molecule has 4 nitrogen and oxygen atoms in total. The highest BCUT2D eigenvalue weighted by atomic mass is 16.4. The maximum absolute atomic E-state index is 11.7. The van der Waals surface area contributed by atoms with Gasteiger partial charge in [0.1, 0.15) is 0 Å². The zero-order valence-electron chi connectivity index (χ0n) is 9.19. The van der Waals surface area contributed by atoms with E-state index in [0.717, 1.165) is 6.42 Å². The van der Waals surface area contributed by atoms with Crippen molar-refractivity contribution in [1.82, 2.24) is 4.90 Å². The molecule has 2 atom stereocenters. The first kappa shape index (κ1) is 10.5. The van der Waals surface area contributed by atoms with E-state index in [1.165, 1.54) is 0 Å². The number of carbonyl (C=O) groups is 2. The van der Waals surface area contributed by atoms with Gasteiger partial charge < -0.3 is 10.0 Å². The lowest BCUT2D eigenvalue weighted by molar-refractivity contribution is -0.145. The smallest absolute Gasteiger partial charge is 0.308 e. The van der Waals surface area contributed by atoms with Crippen molar-refractivity contribution in [1.29, 1.82) is 0 Å². The highest BCUT2D eigenvalue weighted by Gasteiger charge is 2.48. The van der Waals surface area contributed by atoms with Crippen LogP contribution in [0.15, 0.2) is 0 Å². The van der Waals surface area contributed by atoms with Gasteiger partial charge >= 0.3 is 5.97 Å². The molecule has 2 fully saturated rings. The third kappa shape index (κ3) is 1.62. The van der Waals surface area contributed by atoms with Gasteiger partial charge in [0.15, 0.2) is 0 Å². The molecule has 0 aliphatic carbocycles. The molecule has 1 amide bonds. The Morgan fingerprint density at radius 3 is 2.73 bits per heavy atom. The van der Waals surface area contributed by atoms with E-state index in [1.807, 2.05) is 0 Å². The molecular weight excluding hydrogens is 194 g/mol. The maximum Gasteiger partial charge on any atom is 0.308 e. The number of piperidine rings is 1. The molecule has 0 radical (unpaired) electrons. The van der Waals surface area contributed by atoms with Gasteiger partial charge in [-0.05, 0) is 18.3 Å². The highest BCUT2D eigenvalue weighted by Crippen LogP contribution is 2.42. The summed E-state index contributed by atoms with van der Waals surface area (Å²) in [6.07, 6.45) is 2.09. The zero-order chi connectivity index (χ0) is 11.2. The van der Waals surface area contributed by atoms with Crippen molar-refractivity contribution in [3.63, 3.8) is 0 Å². The number of rotatable bonds is 1. The number of amides is 1. The first-order valence-corrected chi connectivity index (χ1v) is 5.44. The van der Waals surface area contributed by atoms with Gasteiger partial charge in [-0.1, -0.05) is 13.8 Å². The summed E-state index contributed by atoms with van der Waals surface area (Å²) in [7, 11) is 0. The van der Waals surface area contributed by atoms with Crippen LogP contribution in [0.3, 0.4) is 0 Å². The number of carboxylic acid groups (broad SMARTS) is 1. The monoisotopic (exact) mass is 211 g/mol. The minimum absolute atomic E-state index is 0.0144. The van der Waals surface area contributed by atoms with Crippen LogP contribution < -0.4 is 0 Å². The topological polar surface area (TPSA) is 57.6 Å². The summed E-state index contributed by atoms with van der Waals surface area (Å²) in [6, 6.07) is 0.251. The second-order valence-corrected chi connectivity index (χ2v) is 5.34. The van der Waals surface area contributed by atoms with Crippen LogP contribution in [0.5, 0.6) is 0 Å². The summed E-state index contributed by atoms with van der Waals surface area (Å²) in [4.78, 5) is 24.4. The number of carbonyl (C=O) groups excluding carboxylic acids is 1. The fraction of sp³-hybridized carbons (Fsp3) is 0.818. The minimum Gasteiger partial charge on any atom is -0.481 e. The van der Waals surface area contributed by atoms with E-state index in [4.69, 9.17) is 5.11 Å². The quantitative estimate of drug-likeness (QED) is 0.706. The number of hydrogen-bond acceptors (Lipinski definition) is 2. The molecule has 84 valence electrons. The van der Waals surface area contributed by atoms with Crippen molar-refractivity contribution in [2.75, 3.05) is 6.54 Å². The van der Waals surface area contributed by atoms with E-state index in [9.17, 15) is 9.59 Å². The summed E-state index contributed by atoms with van der Waals surface area (Å²) in [6.45, 7) is 4.59. The van der Waals surface area contributed by atoms with E-state index < -0.39 is 5.97 Å². The van der Waals surface area contributed by atoms with Crippen molar-refractivity contribution >= 4 is 11.9 Å². The molecule has 0 saturated carbocycles. The summed E-state index contributed by atoms with van der Waals surface area (Å²) >= 11 is 0. The van der Waals surface area contributed by atoms with E-state index in [2.05, 4.69) is 13.8 Å². The lowest BCUT2D eigenvalue weighted by atomic mass is 9.79. The number of aliphatic carboxylic acids is 1. The van der Waals surface area contributed by atoms with Crippen LogP contribution in [0.25, 0.3) is 0 Å². The maximum atomic E-state index is 11.7. The lowest BCUT2D eigenvalue weighted by Gasteiger charge is -2.38. The van der Waals surface area contributed by atoms with Crippen LogP contribution >= 0.6 is 0 Å². The molecule has 2 rings (SSSR count). The predicted octanol–water partition coefficient (Wildman–Crippen LogP) is 1.11. The van der Waals surface area contributed by atoms with Gasteiger partial charge in [0.05, 0.1) is 5.92 Å². The first-order chi connectivity index (χ1) is 6.92. The van der Waals surface area contributed by atoms with Crippen LogP contribution in [0.2, 0.25) is 0 Å². The number of fused-ring (bicyclic) bond motifs is 1. The Morgan fingerprint density at radius 1 is 1.47 bits per heavy atom. The van der Waals surface area contributed by atoms with Crippen LogP contribution in [0, 0.1) is 11.3 Å². The molecule has 0 bridgehead atoms. The molecular formula is C11H17NO3. The molecule has 2 heterocycles. The molecule has 2 unspecified atom stereocenters. The van der Waals surface area contributed by atoms with Crippen LogP contribution in [0.1, 0.15) is 33.1 Å². The van der Waals surface area contributed by atoms with Gasteiger partial charge in [-0.3, -0.25) is 9.59 Å². The molecule has 0 aromatic carbocycles. The SMILES string of the molecule is CC1(C)CC(=O)N2CC(C(=O)O)CCC21. The van der Waals surface area contributed by atoms with Crippen LogP contribution in [-0.4, -0.2) is 34.5 Å². The molecule has 0 aromatic rings. The zero-order valence-corrected chi connectivity index (χ0v) is 9.19. The number of carboxylic acids is 1. The largest absolute Gasteiger partial charge is 0.481 e. The molecule has 2 aliphatic rings. The first-order valence-electron chi connectivity index (χ1n) is 5.44. The van der Waals surface area contributed by atoms with E-state index in [-0.39, 0.29) is 23.3 Å². The average Bonchev–Trinajstić information content (AvgIpc) is 2.37. The number of hydrogen-bond donors (Lipinski definition) is 1. The van der Waals surface area contributed by atoms with Crippen molar-refractivity contribution < 1.29 is 14.7 Å². The summed E-state index contributed by atoms with van der Waals surface area (Å²) < 4.78 is 0. The molecule has 15 heavy (non-hydrogen) atoms. The third-order valence-electron chi connectivity index (χ3n) is 3.76. The van der Waals surface area contributed by atoms with Gasteiger partial charge in [-0.2, -0.15) is 0 Å². The Hall–Kier alpha value is -1.06. The molecule has 0 spiro atoms. The van der Waals surface area contributed by atoms with Gasteiger partial charge in [-0.15, -0.1) is 0 Å². The molecule has 2 aliphatic heterocycles. The van der Waals surface area contributed by atoms with Gasteiger partial charge in [0.25, 0.3) is 0 Å². The predicted molar refractivity (Wildman–Crippen MR) is 54.3 cm³/mol. The summed E-state index contributed by atoms with van der Waals surface area (Å²) in [5.41, 5.74) is 0.0144. The normalized spacial score (nSPS) is 34.0. The van der Waals surface area contributed by atoms with Crippen LogP contribution in [0.4, 0.5) is 0 Å². The Balaban J connectivity index is 2.16. The van der Waals surface area contributed by atoms with Gasteiger partial charge in [0.2, 0.25) is 5.91 Å². The van der Waals surface area contributed by atoms with Gasteiger partial charge in [-0.25, -0.2) is 0 Å². The third-order valence-corrected chi connectivity index (χ3v) is 3.76. The van der Waals surface area contributed by atoms with E-state index in [1.54, 1.807) is 4.90 Å². The second-order valence-electron chi connectivity index (χ2n) is 5.34. The standard InChI is InChI=1S/C11H17NO3/c1-11(2)5-9(13)12-6-7(10(14)15)3-4-8(11)12/h7-8H,3-6H2,1-2H3,(H,14,15). The molecule has 1 N–H and O–H groups in total. The summed E-state index contributed by atoms with van der Waals surface area (Å²) in [5.74, 6) is -1.01. The van der Waals surface area contributed by atoms with Crippen molar-refractivity contribution in [2.45, 2.75) is 39.2 Å². The molecule has 4 heteroatoms.